The number of hydrogen-bond acceptors (Lipinski definition) is 6. The molecule has 0 N–H and O–H groups in total. The van der Waals surface area contributed by atoms with E-state index in [1.165, 1.54) is 30.5 Å². The lowest BCUT2D eigenvalue weighted by Crippen LogP contribution is -2.80. The third-order valence-electron chi connectivity index (χ3n) is 9.88. The van der Waals surface area contributed by atoms with E-state index < -0.39 is 5.60 Å². The van der Waals surface area contributed by atoms with Crippen LogP contribution in [0.25, 0.3) is 0 Å². The van der Waals surface area contributed by atoms with Gasteiger partial charge in [-0.3, -0.25) is 9.69 Å². The van der Waals surface area contributed by atoms with Gasteiger partial charge >= 0.3 is 5.97 Å². The van der Waals surface area contributed by atoms with Gasteiger partial charge in [0.1, 0.15) is 11.7 Å². The molecule has 2 aliphatic heterocycles. The van der Waals surface area contributed by atoms with Gasteiger partial charge in [-0.05, 0) is 63.1 Å². The summed E-state index contributed by atoms with van der Waals surface area (Å²) in [6.45, 7) is 4.48. The summed E-state index contributed by atoms with van der Waals surface area (Å²) in [7, 11) is 3.43. The summed E-state index contributed by atoms with van der Waals surface area (Å²) < 4.78 is 24.6. The van der Waals surface area contributed by atoms with Crippen molar-refractivity contribution < 1.29 is 23.7 Å². The average Bonchev–Trinajstić information content (AvgIpc) is 3.57. The molecule has 8 rings (SSSR count). The molecule has 2 saturated carbocycles. The van der Waals surface area contributed by atoms with Crippen LogP contribution in [0.3, 0.4) is 0 Å². The zero-order valence-corrected chi connectivity index (χ0v) is 19.8. The van der Waals surface area contributed by atoms with Crippen molar-refractivity contribution in [2.75, 3.05) is 33.9 Å². The molecule has 1 aromatic rings. The fourth-order valence-electron chi connectivity index (χ4n) is 8.44. The highest BCUT2D eigenvalue weighted by Crippen LogP contribution is 2.74. The first-order valence-corrected chi connectivity index (χ1v) is 12.6. The quantitative estimate of drug-likeness (QED) is 0.489. The van der Waals surface area contributed by atoms with Gasteiger partial charge in [-0.15, -0.1) is 0 Å². The first kappa shape index (κ1) is 20.3. The van der Waals surface area contributed by atoms with Crippen LogP contribution < -0.4 is 9.47 Å². The van der Waals surface area contributed by atoms with Crippen LogP contribution in [0.1, 0.15) is 43.7 Å². The van der Waals surface area contributed by atoms with Gasteiger partial charge in [0.05, 0.1) is 25.0 Å². The van der Waals surface area contributed by atoms with Gasteiger partial charge in [-0.2, -0.15) is 0 Å². The van der Waals surface area contributed by atoms with Crippen molar-refractivity contribution in [3.63, 3.8) is 0 Å². The lowest BCUT2D eigenvalue weighted by atomic mass is 9.37. The number of carbonyl (C=O) groups is 1. The van der Waals surface area contributed by atoms with E-state index >= 15 is 0 Å². The SMILES string of the molecule is CCOC(=O)C1CC23C=CC1(OC)C1Oc4c(OC)ccc5c4C12CCN(CC1CC1)C3C5. The van der Waals surface area contributed by atoms with Gasteiger partial charge in [0.2, 0.25) is 0 Å². The van der Waals surface area contributed by atoms with Gasteiger partial charge in [0.15, 0.2) is 11.5 Å². The van der Waals surface area contributed by atoms with Crippen molar-refractivity contribution in [3.05, 3.63) is 35.4 Å². The average molecular weight is 452 g/mol. The Labute approximate surface area is 195 Å². The normalized spacial score (nSPS) is 41.5. The molecule has 2 heterocycles. The predicted molar refractivity (Wildman–Crippen MR) is 122 cm³/mol. The molecule has 1 saturated heterocycles. The number of methoxy groups -OCH3 is 2. The maximum atomic E-state index is 13.4. The Morgan fingerprint density at radius 3 is 2.82 bits per heavy atom. The molecule has 0 aromatic heterocycles. The van der Waals surface area contributed by atoms with Crippen LogP contribution in [-0.4, -0.2) is 62.5 Å². The smallest absolute Gasteiger partial charge is 0.312 e. The number of ether oxygens (including phenoxy) is 4. The van der Waals surface area contributed by atoms with E-state index in [9.17, 15) is 4.79 Å². The Morgan fingerprint density at radius 1 is 1.24 bits per heavy atom. The number of rotatable bonds is 6. The van der Waals surface area contributed by atoms with E-state index in [2.05, 4.69) is 29.2 Å². The van der Waals surface area contributed by atoms with Crippen molar-refractivity contribution in [1.82, 2.24) is 4.90 Å². The summed E-state index contributed by atoms with van der Waals surface area (Å²) in [5, 5.41) is 0. The maximum absolute atomic E-state index is 13.4. The molecule has 7 aliphatic rings. The maximum Gasteiger partial charge on any atom is 0.312 e. The molecule has 1 aromatic carbocycles. The third-order valence-corrected chi connectivity index (χ3v) is 9.88. The zero-order chi connectivity index (χ0) is 22.6. The lowest BCUT2D eigenvalue weighted by Gasteiger charge is -2.70. The van der Waals surface area contributed by atoms with Crippen molar-refractivity contribution in [1.29, 1.82) is 0 Å². The number of likely N-dealkylation sites (tertiary alicyclic amines) is 1. The molecule has 2 spiro atoms. The van der Waals surface area contributed by atoms with Crippen molar-refractivity contribution in [2.45, 2.75) is 62.2 Å². The highest BCUT2D eigenvalue weighted by atomic mass is 16.6. The molecule has 3 fully saturated rings. The van der Waals surface area contributed by atoms with Crippen LogP contribution in [0.15, 0.2) is 24.3 Å². The van der Waals surface area contributed by atoms with Crippen LogP contribution in [0.4, 0.5) is 0 Å². The van der Waals surface area contributed by atoms with Gasteiger partial charge in [0, 0.05) is 30.7 Å². The molecule has 6 atom stereocenters. The number of esters is 1. The molecule has 4 bridgehead atoms. The van der Waals surface area contributed by atoms with Crippen LogP contribution in [0, 0.1) is 17.3 Å². The molecule has 6 nitrogen and oxygen atoms in total. The summed E-state index contributed by atoms with van der Waals surface area (Å²) in [4.78, 5) is 16.1. The van der Waals surface area contributed by atoms with Crippen molar-refractivity contribution >= 4 is 5.97 Å². The zero-order valence-electron chi connectivity index (χ0n) is 19.8. The van der Waals surface area contributed by atoms with Gasteiger partial charge < -0.3 is 18.9 Å². The van der Waals surface area contributed by atoms with Crippen LogP contribution in [-0.2, 0) is 26.1 Å². The first-order valence-electron chi connectivity index (χ1n) is 12.6. The fraction of sp³-hybridized carbons (Fsp3) is 0.667. The fourth-order valence-corrected chi connectivity index (χ4v) is 8.44. The number of benzene rings is 1. The van der Waals surface area contributed by atoms with Crippen molar-refractivity contribution in [3.8, 4) is 11.5 Å². The summed E-state index contributed by atoms with van der Waals surface area (Å²) in [6, 6.07) is 4.66. The minimum absolute atomic E-state index is 0.165. The van der Waals surface area contributed by atoms with E-state index in [0.717, 1.165) is 43.2 Å². The predicted octanol–water partition coefficient (Wildman–Crippen LogP) is 3.26. The molecule has 176 valence electrons. The van der Waals surface area contributed by atoms with E-state index in [1.54, 1.807) is 14.2 Å². The van der Waals surface area contributed by atoms with Crippen LogP contribution in [0.2, 0.25) is 0 Å². The topological polar surface area (TPSA) is 57.2 Å². The number of nitrogens with zero attached hydrogens (tertiary/aromatic N) is 1. The second-order valence-corrected chi connectivity index (χ2v) is 10.9. The van der Waals surface area contributed by atoms with Gasteiger partial charge in [0.25, 0.3) is 0 Å². The van der Waals surface area contributed by atoms with Gasteiger partial charge in [-0.25, -0.2) is 0 Å². The number of carbonyl (C=O) groups excluding carboxylic acids is 1. The minimum Gasteiger partial charge on any atom is -0.493 e. The molecule has 6 unspecified atom stereocenters. The summed E-state index contributed by atoms with van der Waals surface area (Å²) >= 11 is 0. The van der Waals surface area contributed by atoms with Crippen LogP contribution >= 0.6 is 0 Å². The van der Waals surface area contributed by atoms with Gasteiger partial charge in [-0.1, -0.05) is 18.2 Å². The largest absolute Gasteiger partial charge is 0.493 e. The number of fused-ring (bicyclic) bond motifs is 1. The highest BCUT2D eigenvalue weighted by molar-refractivity contribution is 5.78. The monoisotopic (exact) mass is 451 g/mol. The number of hydrogen-bond donors (Lipinski definition) is 0. The Hall–Kier alpha value is -2.05. The molecular weight excluding hydrogens is 418 g/mol. The Morgan fingerprint density at radius 2 is 2.09 bits per heavy atom. The highest BCUT2D eigenvalue weighted by Gasteiger charge is 2.80. The second-order valence-electron chi connectivity index (χ2n) is 10.9. The van der Waals surface area contributed by atoms with E-state index in [4.69, 9.17) is 18.9 Å². The third kappa shape index (κ3) is 2.21. The standard InChI is InChI=1S/C27H33NO5/c1-4-32-23(29)18-14-25-9-10-27(18,31-3)24-26(25)11-12-28(15-16-5-6-16)20(25)13-17-7-8-19(30-2)22(33-24)21(17)26/h7-10,16,18,20,24H,4-6,11-15H2,1-3H3. The molecule has 33 heavy (non-hydrogen) atoms. The Balaban J connectivity index is 1.47. The Kier molecular flexibility index (Phi) is 4.03. The van der Waals surface area contributed by atoms with E-state index in [-0.39, 0.29) is 28.8 Å². The summed E-state index contributed by atoms with van der Waals surface area (Å²) in [5.74, 6) is 1.94. The molecule has 5 aliphatic carbocycles. The van der Waals surface area contributed by atoms with Crippen LogP contribution in [0.5, 0.6) is 11.5 Å². The summed E-state index contributed by atoms with van der Waals surface area (Å²) in [6.07, 6.45) is 9.76. The minimum atomic E-state index is -0.837. The molecule has 0 amide bonds. The summed E-state index contributed by atoms with van der Waals surface area (Å²) in [5.41, 5.74) is 1.48. The first-order chi connectivity index (χ1) is 16.0. The second kappa shape index (κ2) is 6.54. The molecule has 6 heteroatoms. The Bertz CT molecular complexity index is 1060. The van der Waals surface area contributed by atoms with E-state index in [0.29, 0.717) is 12.6 Å². The molecular formula is C27H33NO5. The van der Waals surface area contributed by atoms with Crippen molar-refractivity contribution in [2.24, 2.45) is 17.3 Å². The lowest BCUT2D eigenvalue weighted by molar-refractivity contribution is -0.223. The number of piperidine rings is 1. The van der Waals surface area contributed by atoms with E-state index in [1.807, 2.05) is 6.92 Å². The molecule has 0 radical (unpaired) electrons.